The van der Waals surface area contributed by atoms with E-state index in [4.69, 9.17) is 16.0 Å². The van der Waals surface area contributed by atoms with Crippen LogP contribution in [0.15, 0.2) is 50.9 Å². The van der Waals surface area contributed by atoms with Gasteiger partial charge in [0.05, 0.1) is 20.4 Å². The molecule has 0 radical (unpaired) electrons. The van der Waals surface area contributed by atoms with Crippen molar-refractivity contribution in [1.29, 1.82) is 0 Å². The van der Waals surface area contributed by atoms with Crippen molar-refractivity contribution in [3.05, 3.63) is 53.0 Å². The minimum Gasteiger partial charge on any atom is -0.459 e. The van der Waals surface area contributed by atoms with E-state index in [0.717, 1.165) is 29.7 Å². The molecule has 0 bridgehead atoms. The van der Waals surface area contributed by atoms with Gasteiger partial charge < -0.3 is 9.73 Å². The third kappa shape index (κ3) is 2.65. The number of hydrogen-bond donors (Lipinski definition) is 1. The highest BCUT2D eigenvalue weighted by molar-refractivity contribution is 7.91. The molecule has 0 saturated carbocycles. The van der Waals surface area contributed by atoms with Crippen LogP contribution in [0.4, 0.5) is 0 Å². The van der Waals surface area contributed by atoms with Crippen LogP contribution in [-0.4, -0.2) is 19.9 Å². The Morgan fingerprint density at radius 3 is 2.76 bits per heavy atom. The lowest BCUT2D eigenvalue weighted by atomic mass is 9.91. The van der Waals surface area contributed by atoms with Gasteiger partial charge in [0, 0.05) is 36.0 Å². The second kappa shape index (κ2) is 5.56. The maximum Gasteiger partial charge on any atom is 0.208 e. The van der Waals surface area contributed by atoms with Crippen LogP contribution in [0.25, 0.3) is 11.0 Å². The Hall–Kier alpha value is -1.89. The molecule has 0 fully saturated rings. The third-order valence-electron chi connectivity index (χ3n) is 4.57. The SMILES string of the molecule is CC1(C)NCCc2c1oc1cc(S(=O)(=O)c3cncc(Cl)c3)ccc21. The first kappa shape index (κ1) is 16.6. The summed E-state index contributed by atoms with van der Waals surface area (Å²) in [7, 11) is -3.71. The van der Waals surface area contributed by atoms with Crippen molar-refractivity contribution in [2.45, 2.75) is 35.6 Å². The van der Waals surface area contributed by atoms with Crippen molar-refractivity contribution >= 4 is 32.4 Å². The summed E-state index contributed by atoms with van der Waals surface area (Å²) in [4.78, 5) is 4.10. The Bertz CT molecular complexity index is 1090. The van der Waals surface area contributed by atoms with Crippen LogP contribution in [0.3, 0.4) is 0 Å². The smallest absolute Gasteiger partial charge is 0.208 e. The molecular formula is C18H17ClN2O3S. The van der Waals surface area contributed by atoms with Gasteiger partial charge in [0.1, 0.15) is 11.3 Å². The van der Waals surface area contributed by atoms with Crippen LogP contribution in [0.1, 0.15) is 25.2 Å². The fraction of sp³-hybridized carbons (Fsp3) is 0.278. The molecule has 0 saturated heterocycles. The Morgan fingerprint density at radius 2 is 2.00 bits per heavy atom. The molecule has 0 atom stereocenters. The van der Waals surface area contributed by atoms with Crippen LogP contribution in [0, 0.1) is 0 Å². The molecule has 0 amide bonds. The van der Waals surface area contributed by atoms with Gasteiger partial charge in [0.15, 0.2) is 0 Å². The first-order chi connectivity index (χ1) is 11.8. The van der Waals surface area contributed by atoms with E-state index in [9.17, 15) is 8.42 Å². The zero-order valence-electron chi connectivity index (χ0n) is 13.8. The highest BCUT2D eigenvalue weighted by Crippen LogP contribution is 2.37. The van der Waals surface area contributed by atoms with Crippen LogP contribution in [0.2, 0.25) is 5.02 Å². The molecule has 0 aliphatic carbocycles. The van der Waals surface area contributed by atoms with E-state index < -0.39 is 9.84 Å². The normalized spacial score (nSPS) is 16.8. The number of fused-ring (bicyclic) bond motifs is 3. The molecular weight excluding hydrogens is 360 g/mol. The van der Waals surface area contributed by atoms with Gasteiger partial charge >= 0.3 is 0 Å². The van der Waals surface area contributed by atoms with Gasteiger partial charge in [-0.15, -0.1) is 0 Å². The van der Waals surface area contributed by atoms with E-state index in [-0.39, 0.29) is 20.4 Å². The second-order valence-corrected chi connectivity index (χ2v) is 9.10. The molecule has 1 aliphatic rings. The molecule has 2 aromatic heterocycles. The monoisotopic (exact) mass is 376 g/mol. The van der Waals surface area contributed by atoms with Gasteiger partial charge in [-0.2, -0.15) is 0 Å². The lowest BCUT2D eigenvalue weighted by Crippen LogP contribution is -2.41. The van der Waals surface area contributed by atoms with Gasteiger partial charge in [-0.05, 0) is 38.5 Å². The molecule has 3 aromatic rings. The summed E-state index contributed by atoms with van der Waals surface area (Å²) in [5.74, 6) is 0.868. The molecule has 130 valence electrons. The van der Waals surface area contributed by atoms with Gasteiger partial charge in [-0.3, -0.25) is 4.98 Å². The fourth-order valence-electron chi connectivity index (χ4n) is 3.31. The predicted octanol–water partition coefficient (Wildman–Crippen LogP) is 3.69. The van der Waals surface area contributed by atoms with Gasteiger partial charge in [-0.1, -0.05) is 11.6 Å². The molecule has 0 spiro atoms. The molecule has 7 heteroatoms. The number of hydrogen-bond acceptors (Lipinski definition) is 5. The van der Waals surface area contributed by atoms with Gasteiger partial charge in [0.25, 0.3) is 0 Å². The minimum atomic E-state index is -3.71. The van der Waals surface area contributed by atoms with Crippen molar-refractivity contribution in [2.24, 2.45) is 0 Å². The van der Waals surface area contributed by atoms with Crippen molar-refractivity contribution in [1.82, 2.24) is 10.3 Å². The molecule has 1 aromatic carbocycles. The van der Waals surface area contributed by atoms with E-state index in [1.807, 2.05) is 6.07 Å². The average Bonchev–Trinajstić information content (AvgIpc) is 2.94. The Labute approximate surface area is 150 Å². The van der Waals surface area contributed by atoms with Crippen molar-refractivity contribution in [3.63, 3.8) is 0 Å². The van der Waals surface area contributed by atoms with E-state index in [2.05, 4.69) is 24.1 Å². The maximum absolute atomic E-state index is 12.8. The van der Waals surface area contributed by atoms with E-state index in [0.29, 0.717) is 5.58 Å². The van der Waals surface area contributed by atoms with Crippen molar-refractivity contribution in [2.75, 3.05) is 6.54 Å². The number of aromatic nitrogens is 1. The number of rotatable bonds is 2. The lowest BCUT2D eigenvalue weighted by Gasteiger charge is -2.29. The summed E-state index contributed by atoms with van der Waals surface area (Å²) in [6.45, 7) is 4.98. The Balaban J connectivity index is 1.88. The molecule has 25 heavy (non-hydrogen) atoms. The summed E-state index contributed by atoms with van der Waals surface area (Å²) in [5, 5.41) is 4.66. The standard InChI is InChI=1S/C18H17ClN2O3S/c1-18(2)17-15(5-6-21-18)14-4-3-12(8-16(14)24-17)25(22,23)13-7-11(19)9-20-10-13/h3-4,7-10,21H,5-6H2,1-2H3. The predicted molar refractivity (Wildman–Crippen MR) is 95.6 cm³/mol. The maximum atomic E-state index is 12.8. The largest absolute Gasteiger partial charge is 0.459 e. The molecule has 1 aliphatic heterocycles. The number of pyridine rings is 1. The Morgan fingerprint density at radius 1 is 1.20 bits per heavy atom. The van der Waals surface area contributed by atoms with Gasteiger partial charge in [0.2, 0.25) is 9.84 Å². The van der Waals surface area contributed by atoms with Gasteiger partial charge in [-0.25, -0.2) is 8.42 Å². The zero-order chi connectivity index (χ0) is 17.8. The number of halogens is 1. The first-order valence-corrected chi connectivity index (χ1v) is 9.82. The fourth-order valence-corrected chi connectivity index (χ4v) is 4.81. The second-order valence-electron chi connectivity index (χ2n) is 6.71. The quantitative estimate of drug-likeness (QED) is 0.738. The minimum absolute atomic E-state index is 0.0673. The zero-order valence-corrected chi connectivity index (χ0v) is 15.4. The first-order valence-electron chi connectivity index (χ1n) is 7.96. The third-order valence-corrected chi connectivity index (χ3v) is 6.50. The lowest BCUT2D eigenvalue weighted by molar-refractivity contribution is 0.310. The number of furan rings is 1. The molecule has 4 rings (SSSR count). The summed E-state index contributed by atoms with van der Waals surface area (Å²) in [6.07, 6.45) is 3.56. The van der Waals surface area contributed by atoms with E-state index >= 15 is 0 Å². The van der Waals surface area contributed by atoms with Crippen LogP contribution in [0.5, 0.6) is 0 Å². The summed E-state index contributed by atoms with van der Waals surface area (Å²) in [5.41, 5.74) is 1.45. The topological polar surface area (TPSA) is 72.2 Å². The summed E-state index contributed by atoms with van der Waals surface area (Å²) in [6, 6.07) is 6.42. The molecule has 0 unspecified atom stereocenters. The highest BCUT2D eigenvalue weighted by atomic mass is 35.5. The number of benzene rings is 1. The van der Waals surface area contributed by atoms with Crippen LogP contribution in [-0.2, 0) is 21.8 Å². The number of nitrogens with one attached hydrogen (secondary N) is 1. The van der Waals surface area contributed by atoms with Crippen molar-refractivity contribution in [3.8, 4) is 0 Å². The van der Waals surface area contributed by atoms with Crippen LogP contribution < -0.4 is 5.32 Å². The van der Waals surface area contributed by atoms with Crippen molar-refractivity contribution < 1.29 is 12.8 Å². The summed E-state index contributed by atoms with van der Waals surface area (Å²) >= 11 is 5.88. The average molecular weight is 377 g/mol. The Kier molecular flexibility index (Phi) is 3.68. The number of sulfone groups is 1. The molecule has 1 N–H and O–H groups in total. The highest BCUT2D eigenvalue weighted by Gasteiger charge is 2.32. The van der Waals surface area contributed by atoms with E-state index in [1.165, 1.54) is 18.5 Å². The summed E-state index contributed by atoms with van der Waals surface area (Å²) < 4.78 is 31.7. The van der Waals surface area contributed by atoms with E-state index in [1.54, 1.807) is 12.1 Å². The van der Waals surface area contributed by atoms with Crippen LogP contribution >= 0.6 is 11.6 Å². The number of nitrogens with zero attached hydrogens (tertiary/aromatic N) is 1. The molecule has 3 heterocycles. The molecule has 5 nitrogen and oxygen atoms in total.